The van der Waals surface area contributed by atoms with Crippen molar-refractivity contribution in [2.45, 2.75) is 46.5 Å². The lowest BCUT2D eigenvalue weighted by molar-refractivity contribution is -0.116. The van der Waals surface area contributed by atoms with Crippen molar-refractivity contribution < 1.29 is 4.79 Å². The van der Waals surface area contributed by atoms with Crippen molar-refractivity contribution in [2.24, 2.45) is 0 Å². The van der Waals surface area contributed by atoms with Gasteiger partial charge in [0.2, 0.25) is 5.91 Å². The van der Waals surface area contributed by atoms with Gasteiger partial charge in [-0.2, -0.15) is 0 Å². The van der Waals surface area contributed by atoms with Crippen molar-refractivity contribution >= 4 is 28.5 Å². The van der Waals surface area contributed by atoms with Gasteiger partial charge in [-0.25, -0.2) is 4.98 Å². The molecule has 6 heteroatoms. The Morgan fingerprint density at radius 3 is 2.82 bits per heavy atom. The molecule has 0 fully saturated rings. The molecule has 0 bridgehead atoms. The summed E-state index contributed by atoms with van der Waals surface area (Å²) >= 11 is 1.58. The Bertz CT molecular complexity index is 827. The van der Waals surface area contributed by atoms with E-state index < -0.39 is 0 Å². The van der Waals surface area contributed by atoms with Crippen LogP contribution in [0.2, 0.25) is 0 Å². The Morgan fingerprint density at radius 2 is 2.11 bits per heavy atom. The number of thiophene rings is 1. The highest BCUT2D eigenvalue weighted by molar-refractivity contribution is 7.14. The largest absolute Gasteiger partial charge is 0.325 e. The van der Waals surface area contributed by atoms with Gasteiger partial charge in [0, 0.05) is 31.4 Å². The molecule has 1 aliphatic rings. The topological polar surface area (TPSA) is 58.1 Å². The fourth-order valence-electron chi connectivity index (χ4n) is 3.27. The van der Waals surface area contributed by atoms with Crippen LogP contribution in [0, 0.1) is 5.92 Å². The number of amides is 1. The van der Waals surface area contributed by atoms with E-state index in [1.54, 1.807) is 17.5 Å². The molecule has 0 atom stereocenters. The minimum atomic E-state index is 0.0718. The quantitative estimate of drug-likeness (QED) is 0.678. The third-order valence-corrected chi connectivity index (χ3v) is 5.64. The fraction of sp³-hybridized carbons (Fsp3) is 0.455. The SMILES string of the molecule is CCCCC(=O)Nc1csc(-c2cncc(C3=CCN(C[C](C)C)CC3)n2)c1. The normalized spacial score (nSPS) is 14.9. The van der Waals surface area contributed by atoms with Gasteiger partial charge in [-0.3, -0.25) is 14.7 Å². The van der Waals surface area contributed by atoms with Crippen molar-refractivity contribution in [3.8, 4) is 10.6 Å². The van der Waals surface area contributed by atoms with Gasteiger partial charge >= 0.3 is 0 Å². The van der Waals surface area contributed by atoms with Crippen molar-refractivity contribution in [3.63, 3.8) is 0 Å². The Kier molecular flexibility index (Phi) is 7.34. The lowest BCUT2D eigenvalue weighted by Gasteiger charge is -2.27. The number of carbonyl (C=O) groups excluding carboxylic acids is 1. The summed E-state index contributed by atoms with van der Waals surface area (Å²) in [5.41, 5.74) is 3.92. The average Bonchev–Trinajstić information content (AvgIpc) is 3.15. The standard InChI is InChI=1S/C22H29N4OS/c1-4-5-6-22(27)24-18-11-21(28-15-18)20-13-23-12-19(25-20)17-7-9-26(10-8-17)14-16(2)3/h7,11-13,15H,4-6,8-10,14H2,1-3H3,(H,24,27). The lowest BCUT2D eigenvalue weighted by atomic mass is 10.0. The summed E-state index contributed by atoms with van der Waals surface area (Å²) in [5, 5.41) is 4.94. The molecule has 0 saturated carbocycles. The minimum absolute atomic E-state index is 0.0718. The number of rotatable bonds is 8. The Balaban J connectivity index is 1.67. The average molecular weight is 398 g/mol. The molecule has 1 amide bonds. The Morgan fingerprint density at radius 1 is 1.29 bits per heavy atom. The van der Waals surface area contributed by atoms with Crippen LogP contribution in [0.4, 0.5) is 5.69 Å². The molecule has 1 N–H and O–H groups in total. The van der Waals surface area contributed by atoms with Gasteiger partial charge in [0.05, 0.1) is 34.3 Å². The molecule has 1 aliphatic heterocycles. The van der Waals surface area contributed by atoms with Crippen LogP contribution in [-0.2, 0) is 4.79 Å². The molecule has 0 aliphatic carbocycles. The van der Waals surface area contributed by atoms with Gasteiger partial charge < -0.3 is 5.32 Å². The second-order valence-electron chi connectivity index (χ2n) is 7.56. The molecule has 0 spiro atoms. The zero-order valence-corrected chi connectivity index (χ0v) is 17.8. The van der Waals surface area contributed by atoms with Crippen LogP contribution in [0.15, 0.2) is 29.9 Å². The predicted octanol–water partition coefficient (Wildman–Crippen LogP) is 5.04. The zero-order valence-electron chi connectivity index (χ0n) is 17.0. The maximum absolute atomic E-state index is 11.9. The molecule has 1 radical (unpaired) electrons. The molecule has 2 aromatic heterocycles. The first-order valence-electron chi connectivity index (χ1n) is 9.96. The summed E-state index contributed by atoms with van der Waals surface area (Å²) in [4.78, 5) is 24.6. The number of unbranched alkanes of at least 4 members (excludes halogenated alkanes) is 1. The Labute approximate surface area is 171 Å². The summed E-state index contributed by atoms with van der Waals surface area (Å²) in [5.74, 6) is 1.51. The van der Waals surface area contributed by atoms with E-state index in [0.717, 1.165) is 60.8 Å². The van der Waals surface area contributed by atoms with Crippen LogP contribution >= 0.6 is 11.3 Å². The summed E-state index contributed by atoms with van der Waals surface area (Å²) in [7, 11) is 0. The number of nitrogens with one attached hydrogen (secondary N) is 1. The molecule has 0 aromatic carbocycles. The second-order valence-corrected chi connectivity index (χ2v) is 8.47. The summed E-state index contributed by atoms with van der Waals surface area (Å²) in [6.07, 6.45) is 9.42. The van der Waals surface area contributed by atoms with Crippen LogP contribution in [0.3, 0.4) is 0 Å². The molecule has 5 nitrogen and oxygen atoms in total. The van der Waals surface area contributed by atoms with Crippen LogP contribution in [0.5, 0.6) is 0 Å². The molecule has 3 heterocycles. The highest BCUT2D eigenvalue weighted by Gasteiger charge is 2.16. The molecule has 3 rings (SSSR count). The summed E-state index contributed by atoms with van der Waals surface area (Å²) in [6.45, 7) is 9.50. The van der Waals surface area contributed by atoms with E-state index in [0.29, 0.717) is 6.42 Å². The van der Waals surface area contributed by atoms with E-state index in [1.807, 2.05) is 17.6 Å². The van der Waals surface area contributed by atoms with E-state index in [9.17, 15) is 4.79 Å². The van der Waals surface area contributed by atoms with Gasteiger partial charge in [0.1, 0.15) is 0 Å². The predicted molar refractivity (Wildman–Crippen MR) is 117 cm³/mol. The number of aromatic nitrogens is 2. The molecular weight excluding hydrogens is 368 g/mol. The maximum atomic E-state index is 11.9. The van der Waals surface area contributed by atoms with Gasteiger partial charge in [0.25, 0.3) is 0 Å². The first kappa shape index (κ1) is 20.7. The molecule has 0 unspecified atom stereocenters. The number of hydrogen-bond donors (Lipinski definition) is 1. The number of anilines is 1. The number of nitrogens with zero attached hydrogens (tertiary/aromatic N) is 3. The van der Waals surface area contributed by atoms with Crippen LogP contribution < -0.4 is 5.32 Å². The van der Waals surface area contributed by atoms with Crippen molar-refractivity contribution in [2.75, 3.05) is 25.0 Å². The first-order valence-corrected chi connectivity index (χ1v) is 10.8. The van der Waals surface area contributed by atoms with E-state index >= 15 is 0 Å². The lowest BCUT2D eigenvalue weighted by Crippen LogP contribution is -2.31. The number of carbonyl (C=O) groups is 1. The molecule has 149 valence electrons. The van der Waals surface area contributed by atoms with Gasteiger partial charge in [-0.1, -0.05) is 33.3 Å². The summed E-state index contributed by atoms with van der Waals surface area (Å²) < 4.78 is 0. The number of hydrogen-bond acceptors (Lipinski definition) is 5. The van der Waals surface area contributed by atoms with E-state index in [1.165, 1.54) is 11.5 Å². The van der Waals surface area contributed by atoms with Gasteiger partial charge in [-0.05, 0) is 30.4 Å². The maximum Gasteiger partial charge on any atom is 0.224 e. The van der Waals surface area contributed by atoms with Crippen molar-refractivity contribution in [3.05, 3.63) is 41.5 Å². The molecular formula is C22H29N4OS. The highest BCUT2D eigenvalue weighted by atomic mass is 32.1. The van der Waals surface area contributed by atoms with E-state index in [4.69, 9.17) is 4.98 Å². The zero-order chi connectivity index (χ0) is 19.9. The van der Waals surface area contributed by atoms with Gasteiger partial charge in [-0.15, -0.1) is 11.3 Å². The third kappa shape index (κ3) is 5.72. The monoisotopic (exact) mass is 397 g/mol. The second kappa shape index (κ2) is 9.94. The van der Waals surface area contributed by atoms with Crippen LogP contribution in [0.25, 0.3) is 16.1 Å². The highest BCUT2D eigenvalue weighted by Crippen LogP contribution is 2.30. The van der Waals surface area contributed by atoms with Crippen molar-refractivity contribution in [1.82, 2.24) is 14.9 Å². The molecule has 28 heavy (non-hydrogen) atoms. The van der Waals surface area contributed by atoms with Crippen molar-refractivity contribution in [1.29, 1.82) is 0 Å². The summed E-state index contributed by atoms with van der Waals surface area (Å²) in [6, 6.07) is 1.99. The van der Waals surface area contributed by atoms with E-state index in [2.05, 4.69) is 42.0 Å². The third-order valence-electron chi connectivity index (χ3n) is 4.69. The van der Waals surface area contributed by atoms with Crippen LogP contribution in [-0.4, -0.2) is 40.4 Å². The fourth-order valence-corrected chi connectivity index (χ4v) is 4.07. The molecule has 2 aromatic rings. The minimum Gasteiger partial charge on any atom is -0.325 e. The first-order chi connectivity index (χ1) is 13.5. The smallest absolute Gasteiger partial charge is 0.224 e. The van der Waals surface area contributed by atoms with E-state index in [-0.39, 0.29) is 5.91 Å². The molecule has 0 saturated heterocycles. The van der Waals surface area contributed by atoms with Gasteiger partial charge in [0.15, 0.2) is 0 Å². The Hall–Kier alpha value is -2.05. The van der Waals surface area contributed by atoms with Crippen LogP contribution in [0.1, 0.15) is 52.1 Å².